The first kappa shape index (κ1) is 42.4. The Morgan fingerprint density at radius 1 is 0.811 bits per heavy atom. The van der Waals surface area contributed by atoms with Gasteiger partial charge >= 0.3 is 36.4 Å². The number of carboxylic acids is 3. The monoisotopic (exact) mass is 773 g/mol. The lowest BCUT2D eigenvalue weighted by atomic mass is 9.77. The Balaban J connectivity index is 0.000000296. The SMILES string of the molecule is O=C(O)C(F)(F)F.O=C(O)C(F)(F)F.O=C(O)C(F)(F)F.O=c1c2c(nc3n1CC1(CCN(Cc4ccoc4)CC1)C3)CCN(Cc1cccnc1)C2. The van der Waals surface area contributed by atoms with Crippen molar-refractivity contribution in [3.63, 3.8) is 0 Å². The van der Waals surface area contributed by atoms with E-state index in [1.807, 2.05) is 29.2 Å². The summed E-state index contributed by atoms with van der Waals surface area (Å²) in [5.41, 5.74) is 4.73. The van der Waals surface area contributed by atoms with Crippen LogP contribution in [0.5, 0.6) is 0 Å². The van der Waals surface area contributed by atoms with Gasteiger partial charge in [0.05, 0.1) is 23.8 Å². The number of furan rings is 1. The molecule has 1 fully saturated rings. The third-order valence-electron chi connectivity index (χ3n) is 8.26. The highest BCUT2D eigenvalue weighted by Gasteiger charge is 2.43. The molecule has 6 heterocycles. The Hall–Kier alpha value is -4.99. The fourth-order valence-electron chi connectivity index (χ4n) is 5.69. The lowest BCUT2D eigenvalue weighted by Gasteiger charge is -2.38. The summed E-state index contributed by atoms with van der Waals surface area (Å²) < 4.78 is 102. The molecule has 3 aliphatic heterocycles. The molecule has 22 heteroatoms. The Kier molecular flexibility index (Phi) is 13.8. The number of likely N-dealkylation sites (tertiary alicyclic amines) is 1. The molecule has 1 saturated heterocycles. The van der Waals surface area contributed by atoms with Crippen LogP contribution in [0.1, 0.15) is 41.1 Å². The Morgan fingerprint density at radius 3 is 1.83 bits per heavy atom. The molecule has 0 amide bonds. The topological polar surface area (TPSA) is 179 Å². The maximum atomic E-state index is 13.5. The molecule has 6 rings (SSSR count). The van der Waals surface area contributed by atoms with Gasteiger partial charge in [0, 0.05) is 63.5 Å². The van der Waals surface area contributed by atoms with Crippen molar-refractivity contribution < 1.29 is 73.6 Å². The van der Waals surface area contributed by atoms with Crippen molar-refractivity contribution >= 4 is 17.9 Å². The number of halogens is 9. The number of aromatic nitrogens is 3. The Labute approximate surface area is 293 Å². The van der Waals surface area contributed by atoms with Gasteiger partial charge < -0.3 is 19.7 Å². The first-order valence-electron chi connectivity index (χ1n) is 15.4. The fraction of sp³-hybridized carbons (Fsp3) is 0.484. The van der Waals surface area contributed by atoms with Gasteiger partial charge in [-0.3, -0.25) is 24.1 Å². The fourth-order valence-corrected chi connectivity index (χ4v) is 5.69. The smallest absolute Gasteiger partial charge is 0.475 e. The van der Waals surface area contributed by atoms with Crippen LogP contribution in [0.15, 0.2) is 52.3 Å². The number of alkyl halides is 9. The molecule has 3 N–H and O–H groups in total. The number of hydrogen-bond donors (Lipinski definition) is 3. The highest BCUT2D eigenvalue weighted by Crippen LogP contribution is 2.41. The highest BCUT2D eigenvalue weighted by molar-refractivity contribution is 5.73. The second-order valence-corrected chi connectivity index (χ2v) is 12.2. The number of piperidine rings is 1. The first-order valence-corrected chi connectivity index (χ1v) is 15.4. The van der Waals surface area contributed by atoms with Crippen molar-refractivity contribution in [2.75, 3.05) is 19.6 Å². The quantitative estimate of drug-likeness (QED) is 0.316. The largest absolute Gasteiger partial charge is 0.490 e. The zero-order valence-corrected chi connectivity index (χ0v) is 27.3. The van der Waals surface area contributed by atoms with E-state index in [9.17, 15) is 44.3 Å². The van der Waals surface area contributed by atoms with Gasteiger partial charge in [-0.05, 0) is 49.0 Å². The molecular weight excluding hydrogens is 741 g/mol. The van der Waals surface area contributed by atoms with E-state index in [2.05, 4.69) is 20.9 Å². The molecule has 0 atom stereocenters. The molecule has 0 unspecified atom stereocenters. The van der Waals surface area contributed by atoms with E-state index in [1.165, 1.54) is 11.1 Å². The standard InChI is InChI=1S/C25H29N5O2.3C2HF3O2/c31-24-21-16-29(14-19-2-1-7-26-13-19)8-3-22(21)27-23-12-25(18-30(23)24)5-9-28(10-6-25)15-20-4-11-32-17-20;3*3-2(4,5)1(6)7/h1-2,4,7,11,13,17H,3,5-6,8-10,12,14-16,18H2;3*(H,6,7). The summed E-state index contributed by atoms with van der Waals surface area (Å²) in [5, 5.41) is 21.4. The summed E-state index contributed by atoms with van der Waals surface area (Å²) in [7, 11) is 0. The van der Waals surface area contributed by atoms with Crippen LogP contribution in [-0.2, 0) is 53.4 Å². The minimum atomic E-state index is -5.08. The van der Waals surface area contributed by atoms with Crippen LogP contribution >= 0.6 is 0 Å². The van der Waals surface area contributed by atoms with Gasteiger partial charge in [0.15, 0.2) is 0 Å². The summed E-state index contributed by atoms with van der Waals surface area (Å²) >= 11 is 0. The summed E-state index contributed by atoms with van der Waals surface area (Å²) in [6.07, 6.45) is -3.94. The average molecular weight is 774 g/mol. The van der Waals surface area contributed by atoms with Gasteiger partial charge in [-0.15, -0.1) is 0 Å². The van der Waals surface area contributed by atoms with Crippen molar-refractivity contribution in [2.24, 2.45) is 5.41 Å². The van der Waals surface area contributed by atoms with E-state index in [4.69, 9.17) is 39.1 Å². The zero-order chi connectivity index (χ0) is 39.8. The highest BCUT2D eigenvalue weighted by atomic mass is 19.4. The third kappa shape index (κ3) is 12.6. The summed E-state index contributed by atoms with van der Waals surface area (Å²) in [4.78, 5) is 54.2. The lowest BCUT2D eigenvalue weighted by molar-refractivity contribution is -0.193. The van der Waals surface area contributed by atoms with Gasteiger partial charge in [0.2, 0.25) is 0 Å². The van der Waals surface area contributed by atoms with Crippen molar-refractivity contribution in [1.29, 1.82) is 0 Å². The van der Waals surface area contributed by atoms with Crippen LogP contribution in [-0.4, -0.2) is 95.7 Å². The zero-order valence-electron chi connectivity index (χ0n) is 27.3. The molecule has 3 aliphatic rings. The molecule has 3 aromatic heterocycles. The van der Waals surface area contributed by atoms with E-state index in [0.717, 1.165) is 82.0 Å². The maximum absolute atomic E-state index is 13.5. The Bertz CT molecular complexity index is 1700. The second kappa shape index (κ2) is 17.2. The van der Waals surface area contributed by atoms with Crippen molar-refractivity contribution in [2.45, 2.75) is 70.4 Å². The number of nitrogens with zero attached hydrogens (tertiary/aromatic N) is 5. The molecule has 1 spiro atoms. The predicted molar refractivity (Wildman–Crippen MR) is 161 cm³/mol. The van der Waals surface area contributed by atoms with Crippen LogP contribution in [0.3, 0.4) is 0 Å². The summed E-state index contributed by atoms with van der Waals surface area (Å²) in [6.45, 7) is 6.33. The molecule has 0 aliphatic carbocycles. The molecule has 53 heavy (non-hydrogen) atoms. The molecule has 0 bridgehead atoms. The Morgan fingerprint density at radius 2 is 1.36 bits per heavy atom. The number of rotatable bonds is 4. The van der Waals surface area contributed by atoms with E-state index in [1.54, 1.807) is 12.5 Å². The van der Waals surface area contributed by atoms with Gasteiger partial charge in [0.1, 0.15) is 5.82 Å². The van der Waals surface area contributed by atoms with Gasteiger partial charge in [-0.25, -0.2) is 19.4 Å². The number of aliphatic carboxylic acids is 3. The molecule has 3 aromatic rings. The van der Waals surface area contributed by atoms with Crippen LogP contribution in [0.25, 0.3) is 0 Å². The van der Waals surface area contributed by atoms with Gasteiger partial charge in [-0.1, -0.05) is 6.07 Å². The van der Waals surface area contributed by atoms with Gasteiger partial charge in [0.25, 0.3) is 5.56 Å². The van der Waals surface area contributed by atoms with Gasteiger partial charge in [-0.2, -0.15) is 39.5 Å². The minimum absolute atomic E-state index is 0.186. The molecule has 0 radical (unpaired) electrons. The van der Waals surface area contributed by atoms with Crippen LogP contribution in [0.2, 0.25) is 0 Å². The van der Waals surface area contributed by atoms with Crippen LogP contribution in [0.4, 0.5) is 39.5 Å². The predicted octanol–water partition coefficient (Wildman–Crippen LogP) is 4.53. The average Bonchev–Trinajstić information content (AvgIpc) is 3.71. The van der Waals surface area contributed by atoms with Crippen molar-refractivity contribution in [1.82, 2.24) is 24.3 Å². The number of carboxylic acid groups (broad SMARTS) is 3. The lowest BCUT2D eigenvalue weighted by Crippen LogP contribution is -2.41. The number of pyridine rings is 1. The van der Waals surface area contributed by atoms with E-state index >= 15 is 0 Å². The second-order valence-electron chi connectivity index (χ2n) is 12.2. The van der Waals surface area contributed by atoms with Crippen LogP contribution in [0, 0.1) is 5.41 Å². The van der Waals surface area contributed by atoms with Crippen molar-refractivity contribution in [3.8, 4) is 0 Å². The van der Waals surface area contributed by atoms with E-state index in [0.29, 0.717) is 6.54 Å². The maximum Gasteiger partial charge on any atom is 0.490 e. The molecule has 292 valence electrons. The van der Waals surface area contributed by atoms with Crippen molar-refractivity contribution in [3.05, 3.63) is 81.7 Å². The van der Waals surface area contributed by atoms with Crippen LogP contribution < -0.4 is 5.56 Å². The molecular formula is C31H32F9N5O8. The molecule has 0 saturated carbocycles. The summed E-state index contributed by atoms with van der Waals surface area (Å²) in [6, 6.07) is 6.11. The molecule has 0 aromatic carbocycles. The third-order valence-corrected chi connectivity index (χ3v) is 8.26. The number of carbonyl (C=O) groups is 3. The van der Waals surface area contributed by atoms with E-state index < -0.39 is 36.4 Å². The number of fused-ring (bicyclic) bond motifs is 2. The normalized spacial score (nSPS) is 16.8. The van der Waals surface area contributed by atoms with E-state index in [-0.39, 0.29) is 11.0 Å². The summed E-state index contributed by atoms with van der Waals surface area (Å²) in [5.74, 6) is -7.26. The molecule has 13 nitrogen and oxygen atoms in total. The minimum Gasteiger partial charge on any atom is -0.475 e. The first-order chi connectivity index (χ1) is 24.5. The number of hydrogen-bond acceptors (Lipinski definition) is 9.